The molecule has 1 amide bonds. The van der Waals surface area contributed by atoms with Crippen LogP contribution in [0.3, 0.4) is 0 Å². The summed E-state index contributed by atoms with van der Waals surface area (Å²) >= 11 is 0. The number of carbonyl (C=O) groups excluding carboxylic acids is 1. The molecular formula is C18H25ClN4O. The lowest BCUT2D eigenvalue weighted by molar-refractivity contribution is -0.126. The summed E-state index contributed by atoms with van der Waals surface area (Å²) in [6.45, 7) is 1.31. The van der Waals surface area contributed by atoms with E-state index in [9.17, 15) is 4.79 Å². The van der Waals surface area contributed by atoms with E-state index >= 15 is 0 Å². The van der Waals surface area contributed by atoms with Crippen LogP contribution in [0.5, 0.6) is 0 Å². The third-order valence-corrected chi connectivity index (χ3v) is 4.45. The van der Waals surface area contributed by atoms with Gasteiger partial charge in [-0.1, -0.05) is 30.7 Å². The smallest absolute Gasteiger partial charge is 0.223 e. The SMILES string of the molecule is Cl.NC1CCCC(C(=O)NCc2cccc(Cn3cccn3)c2)C1. The molecule has 0 bridgehead atoms. The molecule has 1 aromatic heterocycles. The molecule has 3 rings (SSSR count). The van der Waals surface area contributed by atoms with Gasteiger partial charge in [-0.3, -0.25) is 9.48 Å². The van der Waals surface area contributed by atoms with Gasteiger partial charge in [0.05, 0.1) is 6.54 Å². The monoisotopic (exact) mass is 348 g/mol. The van der Waals surface area contributed by atoms with Gasteiger partial charge in [-0.05, 0) is 36.5 Å². The van der Waals surface area contributed by atoms with Crippen LogP contribution in [0.25, 0.3) is 0 Å². The third-order valence-electron chi connectivity index (χ3n) is 4.45. The van der Waals surface area contributed by atoms with Crippen molar-refractivity contribution in [2.24, 2.45) is 11.7 Å². The molecule has 1 aromatic carbocycles. The minimum atomic E-state index is 0. The van der Waals surface area contributed by atoms with Crippen LogP contribution in [0.2, 0.25) is 0 Å². The molecule has 1 heterocycles. The van der Waals surface area contributed by atoms with Crippen LogP contribution in [0.1, 0.15) is 36.8 Å². The number of aromatic nitrogens is 2. The molecule has 0 radical (unpaired) electrons. The van der Waals surface area contributed by atoms with Crippen LogP contribution in [-0.2, 0) is 17.9 Å². The molecular weight excluding hydrogens is 324 g/mol. The number of hydrogen-bond donors (Lipinski definition) is 2. The summed E-state index contributed by atoms with van der Waals surface area (Å²) in [6, 6.07) is 10.4. The molecule has 3 N–H and O–H groups in total. The average molecular weight is 349 g/mol. The number of halogens is 1. The van der Waals surface area contributed by atoms with Crippen molar-refractivity contribution in [3.8, 4) is 0 Å². The van der Waals surface area contributed by atoms with Crippen molar-refractivity contribution in [1.82, 2.24) is 15.1 Å². The first-order valence-electron chi connectivity index (χ1n) is 8.29. The number of hydrogen-bond acceptors (Lipinski definition) is 3. The van der Waals surface area contributed by atoms with Crippen molar-refractivity contribution in [3.05, 3.63) is 53.9 Å². The lowest BCUT2D eigenvalue weighted by atomic mass is 9.85. The highest BCUT2D eigenvalue weighted by atomic mass is 35.5. The summed E-state index contributed by atoms with van der Waals surface area (Å²) in [5, 5.41) is 7.28. The number of carbonyl (C=O) groups is 1. The molecule has 1 saturated carbocycles. The van der Waals surface area contributed by atoms with Crippen LogP contribution < -0.4 is 11.1 Å². The second-order valence-electron chi connectivity index (χ2n) is 6.37. The van der Waals surface area contributed by atoms with Crippen molar-refractivity contribution in [2.75, 3.05) is 0 Å². The lowest BCUT2D eigenvalue weighted by Crippen LogP contribution is -2.37. The van der Waals surface area contributed by atoms with E-state index in [0.717, 1.165) is 37.8 Å². The summed E-state index contributed by atoms with van der Waals surface area (Å²) < 4.78 is 1.89. The Bertz CT molecular complexity index is 644. The van der Waals surface area contributed by atoms with E-state index in [0.29, 0.717) is 6.54 Å². The molecule has 5 nitrogen and oxygen atoms in total. The molecule has 0 aliphatic heterocycles. The van der Waals surface area contributed by atoms with Crippen LogP contribution in [0, 0.1) is 5.92 Å². The number of nitrogens with one attached hydrogen (secondary N) is 1. The summed E-state index contributed by atoms with van der Waals surface area (Å²) in [6.07, 6.45) is 7.58. The first kappa shape index (κ1) is 18.5. The molecule has 1 aliphatic carbocycles. The highest BCUT2D eigenvalue weighted by molar-refractivity contribution is 5.85. The van der Waals surface area contributed by atoms with Gasteiger partial charge in [0.15, 0.2) is 0 Å². The fraction of sp³-hybridized carbons (Fsp3) is 0.444. The highest BCUT2D eigenvalue weighted by Gasteiger charge is 2.24. The number of nitrogens with two attached hydrogens (primary N) is 1. The molecule has 0 spiro atoms. The Morgan fingerprint density at radius 1 is 1.29 bits per heavy atom. The minimum Gasteiger partial charge on any atom is -0.352 e. The predicted octanol–water partition coefficient (Wildman–Crippen LogP) is 2.49. The van der Waals surface area contributed by atoms with E-state index in [-0.39, 0.29) is 30.3 Å². The molecule has 2 atom stereocenters. The number of nitrogens with zero attached hydrogens (tertiary/aromatic N) is 2. The van der Waals surface area contributed by atoms with Gasteiger partial charge < -0.3 is 11.1 Å². The second kappa shape index (κ2) is 8.85. The largest absolute Gasteiger partial charge is 0.352 e. The van der Waals surface area contributed by atoms with Crippen LogP contribution >= 0.6 is 12.4 Å². The Labute approximate surface area is 149 Å². The van der Waals surface area contributed by atoms with Crippen molar-refractivity contribution >= 4 is 18.3 Å². The third kappa shape index (κ3) is 5.08. The maximum absolute atomic E-state index is 12.3. The van der Waals surface area contributed by atoms with Gasteiger partial charge in [0.2, 0.25) is 5.91 Å². The Morgan fingerprint density at radius 2 is 2.12 bits per heavy atom. The molecule has 2 unspecified atom stereocenters. The van der Waals surface area contributed by atoms with Crippen LogP contribution in [0.4, 0.5) is 0 Å². The van der Waals surface area contributed by atoms with E-state index in [1.54, 1.807) is 6.20 Å². The van der Waals surface area contributed by atoms with Crippen molar-refractivity contribution in [2.45, 2.75) is 44.8 Å². The van der Waals surface area contributed by atoms with Crippen LogP contribution in [0.15, 0.2) is 42.7 Å². The normalized spacial score (nSPS) is 20.2. The number of rotatable bonds is 5. The van der Waals surface area contributed by atoms with Gasteiger partial charge in [-0.25, -0.2) is 0 Å². The number of amides is 1. The lowest BCUT2D eigenvalue weighted by Gasteiger charge is -2.25. The fourth-order valence-electron chi connectivity index (χ4n) is 3.22. The first-order chi connectivity index (χ1) is 11.2. The Kier molecular flexibility index (Phi) is 6.82. The molecule has 130 valence electrons. The molecule has 1 fully saturated rings. The van der Waals surface area contributed by atoms with Gasteiger partial charge in [-0.15, -0.1) is 12.4 Å². The van der Waals surface area contributed by atoms with Gasteiger partial charge in [0, 0.05) is 30.9 Å². The summed E-state index contributed by atoms with van der Waals surface area (Å²) in [5.41, 5.74) is 8.26. The Morgan fingerprint density at radius 3 is 2.88 bits per heavy atom. The predicted molar refractivity (Wildman–Crippen MR) is 96.8 cm³/mol. The minimum absolute atomic E-state index is 0. The Balaban J connectivity index is 0.00000208. The van der Waals surface area contributed by atoms with Gasteiger partial charge in [0.25, 0.3) is 0 Å². The zero-order chi connectivity index (χ0) is 16.1. The van der Waals surface area contributed by atoms with E-state index in [1.807, 2.05) is 29.1 Å². The summed E-state index contributed by atoms with van der Waals surface area (Å²) in [7, 11) is 0. The van der Waals surface area contributed by atoms with Crippen LogP contribution in [-0.4, -0.2) is 21.7 Å². The standard InChI is InChI=1S/C18H24N4O.ClH/c19-17-7-2-6-16(11-17)18(23)20-12-14-4-1-5-15(10-14)13-22-9-3-8-21-22;/h1,3-5,8-10,16-17H,2,6-7,11-13,19H2,(H,20,23);1H. The second-order valence-corrected chi connectivity index (χ2v) is 6.37. The Hall–Kier alpha value is -1.85. The average Bonchev–Trinajstić information content (AvgIpc) is 3.06. The van der Waals surface area contributed by atoms with Crippen molar-refractivity contribution < 1.29 is 4.79 Å². The summed E-state index contributed by atoms with van der Waals surface area (Å²) in [4.78, 5) is 12.3. The fourth-order valence-corrected chi connectivity index (χ4v) is 3.22. The first-order valence-corrected chi connectivity index (χ1v) is 8.29. The maximum Gasteiger partial charge on any atom is 0.223 e. The van der Waals surface area contributed by atoms with E-state index in [4.69, 9.17) is 5.73 Å². The highest BCUT2D eigenvalue weighted by Crippen LogP contribution is 2.23. The van der Waals surface area contributed by atoms with E-state index in [1.165, 1.54) is 5.56 Å². The number of benzene rings is 1. The molecule has 6 heteroatoms. The molecule has 2 aromatic rings. The van der Waals surface area contributed by atoms with Crippen molar-refractivity contribution in [3.63, 3.8) is 0 Å². The van der Waals surface area contributed by atoms with Gasteiger partial charge >= 0.3 is 0 Å². The molecule has 0 saturated heterocycles. The van der Waals surface area contributed by atoms with Crippen molar-refractivity contribution in [1.29, 1.82) is 0 Å². The zero-order valence-corrected chi connectivity index (χ0v) is 14.5. The van der Waals surface area contributed by atoms with Gasteiger partial charge in [-0.2, -0.15) is 5.10 Å². The summed E-state index contributed by atoms with van der Waals surface area (Å²) in [5.74, 6) is 0.212. The molecule has 24 heavy (non-hydrogen) atoms. The maximum atomic E-state index is 12.3. The molecule has 1 aliphatic rings. The van der Waals surface area contributed by atoms with Gasteiger partial charge in [0.1, 0.15) is 0 Å². The quantitative estimate of drug-likeness (QED) is 0.871. The van der Waals surface area contributed by atoms with E-state index < -0.39 is 0 Å². The van der Waals surface area contributed by atoms with E-state index in [2.05, 4.69) is 22.5 Å². The topological polar surface area (TPSA) is 72.9 Å². The zero-order valence-electron chi connectivity index (χ0n) is 13.7.